The van der Waals surface area contributed by atoms with Crippen LogP contribution in [0.15, 0.2) is 42.5 Å². The van der Waals surface area contributed by atoms with Crippen LogP contribution in [0, 0.1) is 0 Å². The van der Waals surface area contributed by atoms with Gasteiger partial charge in [-0.05, 0) is 61.7 Å². The minimum Gasteiger partial charge on any atom is -0.497 e. The number of hydrogen-bond donors (Lipinski definition) is 2. The van der Waals surface area contributed by atoms with Crippen molar-refractivity contribution in [1.82, 2.24) is 10.2 Å². The molecule has 0 aromatic heterocycles. The van der Waals surface area contributed by atoms with Gasteiger partial charge >= 0.3 is 11.8 Å². The monoisotopic (exact) mass is 422 g/mol. The fraction of sp³-hybridized carbons (Fsp3) is 0.417. The molecule has 164 valence electrons. The Bertz CT molecular complexity index is 956. The summed E-state index contributed by atoms with van der Waals surface area (Å²) in [6.45, 7) is 3.45. The van der Waals surface area contributed by atoms with E-state index in [0.717, 1.165) is 38.9 Å². The number of carbonyl (C=O) groups is 2. The van der Waals surface area contributed by atoms with Crippen molar-refractivity contribution in [3.05, 3.63) is 53.6 Å². The van der Waals surface area contributed by atoms with Crippen molar-refractivity contribution in [3.8, 4) is 5.75 Å². The molecule has 2 aromatic rings. The van der Waals surface area contributed by atoms with Crippen LogP contribution in [0.2, 0.25) is 0 Å². The molecule has 2 aromatic carbocycles. The molecule has 2 N–H and O–H groups in total. The molecular weight excluding hydrogens is 392 g/mol. The van der Waals surface area contributed by atoms with Gasteiger partial charge in [0.2, 0.25) is 0 Å². The van der Waals surface area contributed by atoms with Gasteiger partial charge in [-0.25, -0.2) is 0 Å². The van der Waals surface area contributed by atoms with Crippen LogP contribution in [0.5, 0.6) is 5.75 Å². The van der Waals surface area contributed by atoms with Gasteiger partial charge < -0.3 is 20.3 Å². The Hall–Kier alpha value is -3.06. The molecule has 1 atom stereocenters. The maximum atomic E-state index is 12.5. The second-order valence-corrected chi connectivity index (χ2v) is 8.21. The van der Waals surface area contributed by atoms with E-state index in [4.69, 9.17) is 4.74 Å². The standard InChI is InChI=1S/C24H30N4O3/c1-27-13-10-18-14-17(8-9-21(18)27)22(28-11-3-4-12-28)16-25-23(29)24(30)26-19-6-5-7-20(15-19)31-2/h5-9,14-15,22H,3-4,10-13,16H2,1-2H3,(H,25,29)(H,26,30). The van der Waals surface area contributed by atoms with Gasteiger partial charge in [0.15, 0.2) is 0 Å². The van der Waals surface area contributed by atoms with Crippen molar-refractivity contribution in [2.45, 2.75) is 25.3 Å². The highest BCUT2D eigenvalue weighted by atomic mass is 16.5. The molecule has 2 aliphatic rings. The first-order valence-corrected chi connectivity index (χ1v) is 10.9. The van der Waals surface area contributed by atoms with Gasteiger partial charge in [-0.15, -0.1) is 0 Å². The van der Waals surface area contributed by atoms with Crippen molar-refractivity contribution in [1.29, 1.82) is 0 Å². The van der Waals surface area contributed by atoms with Crippen LogP contribution in [0.25, 0.3) is 0 Å². The van der Waals surface area contributed by atoms with Gasteiger partial charge in [0.25, 0.3) is 0 Å². The number of methoxy groups -OCH3 is 1. The van der Waals surface area contributed by atoms with E-state index in [-0.39, 0.29) is 6.04 Å². The molecular formula is C24H30N4O3. The zero-order valence-corrected chi connectivity index (χ0v) is 18.2. The topological polar surface area (TPSA) is 73.9 Å². The minimum atomic E-state index is -0.677. The molecule has 0 spiro atoms. The summed E-state index contributed by atoms with van der Waals surface area (Å²) >= 11 is 0. The van der Waals surface area contributed by atoms with Crippen LogP contribution >= 0.6 is 0 Å². The number of amides is 2. The second-order valence-electron chi connectivity index (χ2n) is 8.21. The fourth-order valence-electron chi connectivity index (χ4n) is 4.46. The van der Waals surface area contributed by atoms with Crippen molar-refractivity contribution in [3.63, 3.8) is 0 Å². The number of fused-ring (bicyclic) bond motifs is 1. The molecule has 2 heterocycles. The number of nitrogens with one attached hydrogen (secondary N) is 2. The molecule has 0 bridgehead atoms. The van der Waals surface area contributed by atoms with Gasteiger partial charge in [0.05, 0.1) is 13.2 Å². The van der Waals surface area contributed by atoms with Crippen molar-refractivity contribution in [2.75, 3.05) is 50.6 Å². The normalized spacial score (nSPS) is 16.6. The van der Waals surface area contributed by atoms with Gasteiger partial charge in [-0.2, -0.15) is 0 Å². The minimum absolute atomic E-state index is 0.0623. The number of anilines is 2. The molecule has 31 heavy (non-hydrogen) atoms. The van der Waals surface area contributed by atoms with E-state index >= 15 is 0 Å². The maximum absolute atomic E-state index is 12.5. The first-order valence-electron chi connectivity index (χ1n) is 10.9. The Kier molecular flexibility index (Phi) is 6.42. The van der Waals surface area contributed by atoms with Gasteiger partial charge in [-0.3, -0.25) is 14.5 Å². The fourth-order valence-corrected chi connectivity index (χ4v) is 4.46. The van der Waals surface area contributed by atoms with E-state index in [1.165, 1.54) is 16.8 Å². The van der Waals surface area contributed by atoms with E-state index in [1.54, 1.807) is 31.4 Å². The lowest BCUT2D eigenvalue weighted by atomic mass is 10.0. The highest BCUT2D eigenvalue weighted by Gasteiger charge is 2.27. The molecule has 7 nitrogen and oxygen atoms in total. The Labute approximate surface area is 183 Å². The first-order chi connectivity index (χ1) is 15.0. The zero-order chi connectivity index (χ0) is 21.8. The van der Waals surface area contributed by atoms with Crippen LogP contribution in [0.4, 0.5) is 11.4 Å². The predicted molar refractivity (Wildman–Crippen MR) is 122 cm³/mol. The maximum Gasteiger partial charge on any atom is 0.313 e. The summed E-state index contributed by atoms with van der Waals surface area (Å²) in [7, 11) is 3.67. The molecule has 0 radical (unpaired) electrons. The van der Waals surface area contributed by atoms with E-state index < -0.39 is 11.8 Å². The largest absolute Gasteiger partial charge is 0.497 e. The molecule has 1 fully saturated rings. The molecule has 2 amide bonds. The second kappa shape index (κ2) is 9.39. The Balaban J connectivity index is 1.43. The molecule has 7 heteroatoms. The van der Waals surface area contributed by atoms with E-state index in [0.29, 0.717) is 18.0 Å². The molecule has 0 aliphatic carbocycles. The summed E-state index contributed by atoms with van der Waals surface area (Å²) in [6.07, 6.45) is 3.37. The third-order valence-electron chi connectivity index (χ3n) is 6.19. The predicted octanol–water partition coefficient (Wildman–Crippen LogP) is 2.58. The average Bonchev–Trinajstić information content (AvgIpc) is 3.44. The Morgan fingerprint density at radius 3 is 2.65 bits per heavy atom. The third-order valence-corrected chi connectivity index (χ3v) is 6.19. The van der Waals surface area contributed by atoms with Crippen LogP contribution in [-0.2, 0) is 16.0 Å². The molecule has 2 aliphatic heterocycles. The van der Waals surface area contributed by atoms with Crippen LogP contribution in [-0.4, -0.2) is 57.1 Å². The number of likely N-dealkylation sites (N-methyl/N-ethyl adjacent to an activating group) is 1. The summed E-state index contributed by atoms with van der Waals surface area (Å²) in [6, 6.07) is 13.6. The van der Waals surface area contributed by atoms with Crippen LogP contribution in [0.3, 0.4) is 0 Å². The van der Waals surface area contributed by atoms with Crippen LogP contribution < -0.4 is 20.3 Å². The zero-order valence-electron chi connectivity index (χ0n) is 18.2. The lowest BCUT2D eigenvalue weighted by molar-refractivity contribution is -0.136. The lowest BCUT2D eigenvalue weighted by Crippen LogP contribution is -2.41. The van der Waals surface area contributed by atoms with Gasteiger partial charge in [0, 0.05) is 37.6 Å². The smallest absolute Gasteiger partial charge is 0.313 e. The van der Waals surface area contributed by atoms with Crippen molar-refractivity contribution >= 4 is 23.2 Å². The third kappa shape index (κ3) is 4.82. The Morgan fingerprint density at radius 2 is 1.87 bits per heavy atom. The van der Waals surface area contributed by atoms with Crippen LogP contribution in [0.1, 0.15) is 30.0 Å². The number of hydrogen-bond acceptors (Lipinski definition) is 5. The van der Waals surface area contributed by atoms with E-state index in [9.17, 15) is 9.59 Å². The van der Waals surface area contributed by atoms with Crippen molar-refractivity contribution in [2.24, 2.45) is 0 Å². The average molecular weight is 423 g/mol. The SMILES string of the molecule is COc1cccc(NC(=O)C(=O)NCC(c2ccc3c(c2)CCN3C)N2CCCC2)c1. The summed E-state index contributed by atoms with van der Waals surface area (Å²) < 4.78 is 5.16. The number of ether oxygens (including phenoxy) is 1. The summed E-state index contributed by atoms with van der Waals surface area (Å²) in [5.74, 6) is -0.688. The highest BCUT2D eigenvalue weighted by molar-refractivity contribution is 6.39. The van der Waals surface area contributed by atoms with E-state index in [1.807, 2.05) is 0 Å². The number of likely N-dealkylation sites (tertiary alicyclic amines) is 1. The van der Waals surface area contributed by atoms with Crippen molar-refractivity contribution < 1.29 is 14.3 Å². The lowest BCUT2D eigenvalue weighted by Gasteiger charge is -2.28. The number of benzene rings is 2. The number of rotatable bonds is 6. The molecule has 1 saturated heterocycles. The quantitative estimate of drug-likeness (QED) is 0.700. The highest BCUT2D eigenvalue weighted by Crippen LogP contribution is 2.32. The first kappa shape index (κ1) is 21.2. The Morgan fingerprint density at radius 1 is 1.06 bits per heavy atom. The van der Waals surface area contributed by atoms with E-state index in [2.05, 4.69) is 45.7 Å². The molecule has 4 rings (SSSR count). The molecule has 0 saturated carbocycles. The number of carbonyl (C=O) groups excluding carboxylic acids is 2. The molecule has 1 unspecified atom stereocenters. The van der Waals surface area contributed by atoms with Gasteiger partial charge in [-0.1, -0.05) is 18.2 Å². The number of nitrogens with zero attached hydrogens (tertiary/aromatic N) is 2. The summed E-state index contributed by atoms with van der Waals surface area (Å²) in [4.78, 5) is 29.6. The summed E-state index contributed by atoms with van der Waals surface area (Å²) in [5, 5.41) is 5.49. The van der Waals surface area contributed by atoms with Gasteiger partial charge in [0.1, 0.15) is 5.75 Å². The summed E-state index contributed by atoms with van der Waals surface area (Å²) in [5.41, 5.74) is 4.36.